The third kappa shape index (κ3) is 4.80. The number of nitrogens with one attached hydrogen (secondary N) is 3. The number of aromatic nitrogens is 1. The van der Waals surface area contributed by atoms with E-state index in [2.05, 4.69) is 20.0 Å². The van der Waals surface area contributed by atoms with Crippen molar-refractivity contribution in [3.63, 3.8) is 0 Å². The van der Waals surface area contributed by atoms with Gasteiger partial charge >= 0.3 is 5.97 Å². The second-order valence-corrected chi connectivity index (χ2v) is 8.06. The summed E-state index contributed by atoms with van der Waals surface area (Å²) in [6, 6.07) is 4.62. The second-order valence-electron chi connectivity index (χ2n) is 7.04. The summed E-state index contributed by atoms with van der Waals surface area (Å²) in [4.78, 5) is 31.9. The summed E-state index contributed by atoms with van der Waals surface area (Å²) in [5.41, 5.74) is 2.04. The summed E-state index contributed by atoms with van der Waals surface area (Å²) in [6.07, 6.45) is 1.96. The van der Waals surface area contributed by atoms with Crippen molar-refractivity contribution in [3.8, 4) is 0 Å². The molecule has 0 saturated carbocycles. The average Bonchev–Trinajstić information content (AvgIpc) is 2.96. The summed E-state index contributed by atoms with van der Waals surface area (Å²) in [7, 11) is 0. The zero-order valence-electron chi connectivity index (χ0n) is 15.7. The van der Waals surface area contributed by atoms with Gasteiger partial charge in [-0.05, 0) is 55.7 Å². The molecule has 7 nitrogen and oxygen atoms in total. The largest absolute Gasteiger partial charge is 0.478 e. The minimum absolute atomic E-state index is 0.146. The summed E-state index contributed by atoms with van der Waals surface area (Å²) < 4.78 is 0. The van der Waals surface area contributed by atoms with Crippen LogP contribution in [0.15, 0.2) is 18.2 Å². The molecule has 2 heterocycles. The number of piperidine rings is 1. The van der Waals surface area contributed by atoms with Crippen LogP contribution in [-0.2, 0) is 0 Å². The lowest BCUT2D eigenvalue weighted by Gasteiger charge is -2.35. The number of aromatic carboxylic acids is 1. The molecule has 156 valence electrons. The molecule has 10 heteroatoms. The maximum Gasteiger partial charge on any atom is 0.335 e. The minimum Gasteiger partial charge on any atom is -0.478 e. The number of H-pyrrole nitrogens is 1. The molecule has 3 rings (SSSR count). The fourth-order valence-corrected chi connectivity index (χ4v) is 4.14. The number of rotatable bonds is 6. The highest BCUT2D eigenvalue weighted by Crippen LogP contribution is 2.33. The molecule has 4 N–H and O–H groups in total. The maximum absolute atomic E-state index is 12.8. The predicted octanol–water partition coefficient (Wildman–Crippen LogP) is 4.54. The normalized spacial score (nSPS) is 16.7. The van der Waals surface area contributed by atoms with Gasteiger partial charge in [0.1, 0.15) is 5.69 Å². The van der Waals surface area contributed by atoms with E-state index < -0.39 is 11.9 Å². The van der Waals surface area contributed by atoms with E-state index in [-0.39, 0.29) is 16.3 Å². The zero-order valence-corrected chi connectivity index (χ0v) is 18.0. The van der Waals surface area contributed by atoms with Crippen LogP contribution in [0.5, 0.6) is 0 Å². The van der Waals surface area contributed by atoms with Gasteiger partial charge in [-0.15, -0.1) is 0 Å². The van der Waals surface area contributed by atoms with Crippen molar-refractivity contribution in [1.82, 2.24) is 9.82 Å². The van der Waals surface area contributed by atoms with Gasteiger partial charge in [-0.2, -0.15) is 0 Å². The third-order valence-electron chi connectivity index (χ3n) is 5.00. The van der Waals surface area contributed by atoms with Crippen LogP contribution >= 0.6 is 35.0 Å². The Balaban J connectivity index is 1.92. The number of anilines is 2. The lowest BCUT2D eigenvalue weighted by Crippen LogP contribution is -2.39. The number of halogens is 3. The number of nitrogens with zero attached hydrogens (tertiary/aromatic N) is 1. The number of carbonyl (C=O) groups excluding carboxylic acids is 1. The van der Waals surface area contributed by atoms with Gasteiger partial charge in [0, 0.05) is 25.3 Å². The molecule has 1 atom stereocenters. The number of carboxylic acids is 1. The highest BCUT2D eigenvalue weighted by Gasteiger charge is 2.25. The Hall–Kier alpha value is -1.93. The van der Waals surface area contributed by atoms with Crippen molar-refractivity contribution in [2.24, 2.45) is 5.92 Å². The lowest BCUT2D eigenvalue weighted by molar-refractivity contribution is 0.0696. The van der Waals surface area contributed by atoms with Crippen molar-refractivity contribution in [2.75, 3.05) is 29.9 Å². The van der Waals surface area contributed by atoms with E-state index in [0.29, 0.717) is 41.1 Å². The molecule has 0 spiro atoms. The highest BCUT2D eigenvalue weighted by atomic mass is 35.5. The van der Waals surface area contributed by atoms with Crippen LogP contribution in [0.4, 0.5) is 11.4 Å². The summed E-state index contributed by atoms with van der Waals surface area (Å²) in [6.45, 7) is 3.81. The Bertz CT molecular complexity index is 930. The van der Waals surface area contributed by atoms with Crippen molar-refractivity contribution in [1.29, 1.82) is 0 Å². The van der Waals surface area contributed by atoms with Crippen molar-refractivity contribution >= 4 is 58.2 Å². The molecule has 1 aromatic heterocycles. The molecule has 1 unspecified atom stereocenters. The molecule has 1 amide bonds. The Morgan fingerprint density at radius 3 is 2.69 bits per heavy atom. The van der Waals surface area contributed by atoms with Crippen LogP contribution in [0, 0.1) is 12.8 Å². The first-order chi connectivity index (χ1) is 13.8. The molecular weight excluding hydrogens is 439 g/mol. The first-order valence-corrected chi connectivity index (χ1v) is 10.3. The van der Waals surface area contributed by atoms with E-state index in [1.165, 1.54) is 6.07 Å². The van der Waals surface area contributed by atoms with Crippen LogP contribution in [0.3, 0.4) is 0 Å². The molecule has 1 aromatic carbocycles. The molecule has 2 aromatic rings. The van der Waals surface area contributed by atoms with Gasteiger partial charge in [-0.1, -0.05) is 23.2 Å². The molecular formula is C19H21Cl3N4O3. The number of benzene rings is 1. The van der Waals surface area contributed by atoms with E-state index in [1.54, 1.807) is 19.1 Å². The topological polar surface area (TPSA) is 97.5 Å². The molecule has 0 aliphatic carbocycles. The smallest absolute Gasteiger partial charge is 0.335 e. The Morgan fingerprint density at radius 1 is 1.31 bits per heavy atom. The molecule has 1 saturated heterocycles. The van der Waals surface area contributed by atoms with Gasteiger partial charge < -0.3 is 20.3 Å². The van der Waals surface area contributed by atoms with Crippen LogP contribution in [0.1, 0.15) is 39.4 Å². The number of carboxylic acid groups (broad SMARTS) is 1. The number of amides is 1. The average molecular weight is 460 g/mol. The first-order valence-electron chi connectivity index (χ1n) is 9.12. The van der Waals surface area contributed by atoms with Crippen molar-refractivity contribution in [3.05, 3.63) is 45.2 Å². The lowest BCUT2D eigenvalue weighted by atomic mass is 9.97. The summed E-state index contributed by atoms with van der Waals surface area (Å²) in [5, 5.41) is 12.7. The van der Waals surface area contributed by atoms with E-state index in [9.17, 15) is 14.7 Å². The number of hydrogen-bond acceptors (Lipinski definition) is 4. The Labute approximate surface area is 183 Å². The van der Waals surface area contributed by atoms with E-state index in [4.69, 9.17) is 35.0 Å². The quantitative estimate of drug-likeness (QED) is 0.476. The van der Waals surface area contributed by atoms with Crippen molar-refractivity contribution < 1.29 is 14.7 Å². The van der Waals surface area contributed by atoms with Gasteiger partial charge in [-0.25, -0.2) is 9.63 Å². The molecule has 1 aliphatic rings. The zero-order chi connectivity index (χ0) is 21.1. The second kappa shape index (κ2) is 9.26. The van der Waals surface area contributed by atoms with E-state index >= 15 is 0 Å². The summed E-state index contributed by atoms with van der Waals surface area (Å²) in [5.74, 6) is -1.17. The third-order valence-corrected chi connectivity index (χ3v) is 6.10. The number of hydrogen-bond donors (Lipinski definition) is 4. The fourth-order valence-electron chi connectivity index (χ4n) is 3.50. The molecule has 1 fully saturated rings. The number of carbonyl (C=O) groups is 2. The van der Waals surface area contributed by atoms with E-state index in [0.717, 1.165) is 19.4 Å². The predicted molar refractivity (Wildman–Crippen MR) is 116 cm³/mol. The van der Waals surface area contributed by atoms with Crippen LogP contribution < -0.4 is 15.1 Å². The van der Waals surface area contributed by atoms with Gasteiger partial charge in [-0.3, -0.25) is 4.79 Å². The summed E-state index contributed by atoms with van der Waals surface area (Å²) >= 11 is 17.9. The van der Waals surface area contributed by atoms with Crippen LogP contribution in [0.2, 0.25) is 10.0 Å². The maximum atomic E-state index is 12.8. The van der Waals surface area contributed by atoms with Crippen LogP contribution in [-0.4, -0.2) is 41.6 Å². The molecule has 29 heavy (non-hydrogen) atoms. The van der Waals surface area contributed by atoms with Gasteiger partial charge in [0.15, 0.2) is 0 Å². The van der Waals surface area contributed by atoms with Crippen LogP contribution in [0.25, 0.3) is 0 Å². The monoisotopic (exact) mass is 458 g/mol. The van der Waals surface area contributed by atoms with E-state index in [1.807, 2.05) is 0 Å². The molecule has 1 aliphatic heterocycles. The van der Waals surface area contributed by atoms with Gasteiger partial charge in [0.25, 0.3) is 5.91 Å². The standard InChI is InChI=1S/C19H21Cl3N4O3/c1-10-15(20)16(21)17(24-10)18(27)25-13-5-4-12(19(28)29)7-14(13)26-6-2-3-11(9-26)8-23-22/h4-5,7,11,23-24H,2-3,6,8-9H2,1H3,(H,25,27)(H,28,29). The highest BCUT2D eigenvalue weighted by molar-refractivity contribution is 6.44. The number of aromatic amines is 1. The minimum atomic E-state index is -1.03. The molecule has 0 bridgehead atoms. The molecule has 0 radical (unpaired) electrons. The Kier molecular flexibility index (Phi) is 6.95. The first kappa shape index (κ1) is 21.8. The SMILES string of the molecule is Cc1[nH]c(C(=O)Nc2ccc(C(=O)O)cc2N2CCCC(CNCl)C2)c(Cl)c1Cl. The van der Waals surface area contributed by atoms with Gasteiger partial charge in [0.05, 0.1) is 27.0 Å². The van der Waals surface area contributed by atoms with Crippen molar-refractivity contribution in [2.45, 2.75) is 19.8 Å². The fraction of sp³-hybridized carbons (Fsp3) is 0.368. The van der Waals surface area contributed by atoms with Gasteiger partial charge in [0.2, 0.25) is 0 Å². The Morgan fingerprint density at radius 2 is 2.07 bits per heavy atom. The number of aryl methyl sites for hydroxylation is 1.